The lowest BCUT2D eigenvalue weighted by molar-refractivity contribution is -0.141. The van der Waals surface area contributed by atoms with E-state index in [2.05, 4.69) is 5.32 Å². The highest BCUT2D eigenvalue weighted by atomic mass is 16.4. The van der Waals surface area contributed by atoms with Crippen LogP contribution in [0, 0.1) is 35.5 Å². The quantitative estimate of drug-likeness (QED) is 0.758. The van der Waals surface area contributed by atoms with Crippen LogP contribution in [0.2, 0.25) is 0 Å². The molecule has 0 heterocycles. The predicted molar refractivity (Wildman–Crippen MR) is 79.6 cm³/mol. The van der Waals surface area contributed by atoms with Crippen LogP contribution in [0.5, 0.6) is 0 Å². The highest BCUT2D eigenvalue weighted by molar-refractivity contribution is 5.83. The van der Waals surface area contributed by atoms with E-state index in [1.54, 1.807) is 6.92 Å². The van der Waals surface area contributed by atoms with E-state index < -0.39 is 5.97 Å². The fourth-order valence-corrected chi connectivity index (χ4v) is 4.94. The molecule has 118 valence electrons. The lowest BCUT2D eigenvalue weighted by Crippen LogP contribution is -2.35. The molecule has 0 aromatic rings. The van der Waals surface area contributed by atoms with Crippen molar-refractivity contribution in [3.8, 4) is 0 Å². The van der Waals surface area contributed by atoms with Gasteiger partial charge in [0.15, 0.2) is 0 Å². The van der Waals surface area contributed by atoms with E-state index in [1.165, 1.54) is 19.3 Å². The van der Waals surface area contributed by atoms with Crippen LogP contribution in [0.25, 0.3) is 0 Å². The van der Waals surface area contributed by atoms with Gasteiger partial charge in [-0.3, -0.25) is 9.59 Å². The van der Waals surface area contributed by atoms with Crippen LogP contribution < -0.4 is 5.32 Å². The summed E-state index contributed by atoms with van der Waals surface area (Å²) in [6.07, 6.45) is 6.49. The summed E-state index contributed by atoms with van der Waals surface area (Å²) in [6, 6.07) is 0.164. The van der Waals surface area contributed by atoms with Crippen LogP contribution in [-0.4, -0.2) is 23.0 Å². The van der Waals surface area contributed by atoms with Gasteiger partial charge in [0.05, 0.1) is 5.92 Å². The van der Waals surface area contributed by atoms with Gasteiger partial charge in [0.25, 0.3) is 0 Å². The van der Waals surface area contributed by atoms with Gasteiger partial charge in [-0.15, -0.1) is 0 Å². The second-order valence-electron chi connectivity index (χ2n) is 7.59. The topological polar surface area (TPSA) is 66.4 Å². The van der Waals surface area contributed by atoms with Crippen molar-refractivity contribution in [2.24, 2.45) is 35.5 Å². The largest absolute Gasteiger partial charge is 0.481 e. The van der Waals surface area contributed by atoms with Crippen molar-refractivity contribution < 1.29 is 14.7 Å². The van der Waals surface area contributed by atoms with Gasteiger partial charge in [0.1, 0.15) is 0 Å². The minimum Gasteiger partial charge on any atom is -0.481 e. The van der Waals surface area contributed by atoms with Gasteiger partial charge >= 0.3 is 5.97 Å². The summed E-state index contributed by atoms with van der Waals surface area (Å²) in [4.78, 5) is 23.1. The first-order valence-corrected chi connectivity index (χ1v) is 8.52. The van der Waals surface area contributed by atoms with Crippen molar-refractivity contribution >= 4 is 11.9 Å². The van der Waals surface area contributed by atoms with Crippen molar-refractivity contribution in [3.63, 3.8) is 0 Å². The summed E-state index contributed by atoms with van der Waals surface area (Å²) in [5, 5.41) is 12.0. The van der Waals surface area contributed by atoms with Gasteiger partial charge in [-0.1, -0.05) is 13.3 Å². The second kappa shape index (κ2) is 5.62. The number of amides is 1. The van der Waals surface area contributed by atoms with Gasteiger partial charge in [-0.2, -0.15) is 0 Å². The molecule has 0 aliphatic heterocycles. The molecule has 6 unspecified atom stereocenters. The monoisotopic (exact) mass is 293 g/mol. The van der Waals surface area contributed by atoms with Gasteiger partial charge in [-0.25, -0.2) is 0 Å². The summed E-state index contributed by atoms with van der Waals surface area (Å²) in [6.45, 7) is 3.78. The van der Waals surface area contributed by atoms with Crippen molar-refractivity contribution in [1.82, 2.24) is 5.32 Å². The van der Waals surface area contributed by atoms with Gasteiger partial charge in [0, 0.05) is 12.0 Å². The van der Waals surface area contributed by atoms with Crippen LogP contribution >= 0.6 is 0 Å². The van der Waals surface area contributed by atoms with E-state index in [0.717, 1.165) is 24.7 Å². The maximum absolute atomic E-state index is 12.3. The lowest BCUT2D eigenvalue weighted by atomic mass is 10.0. The molecule has 0 radical (unpaired) electrons. The molecule has 3 saturated carbocycles. The zero-order valence-corrected chi connectivity index (χ0v) is 13.0. The number of hydrogen-bond acceptors (Lipinski definition) is 2. The highest BCUT2D eigenvalue weighted by Crippen LogP contribution is 2.69. The third kappa shape index (κ3) is 2.82. The number of aliphatic carboxylic acids is 1. The Morgan fingerprint density at radius 2 is 1.76 bits per heavy atom. The first kappa shape index (κ1) is 14.9. The lowest BCUT2D eigenvalue weighted by Gasteiger charge is -2.16. The van der Waals surface area contributed by atoms with Crippen molar-refractivity contribution in [2.45, 2.75) is 58.4 Å². The summed E-state index contributed by atoms with van der Waals surface area (Å²) in [5.41, 5.74) is 0. The Hall–Kier alpha value is -1.06. The molecule has 4 nitrogen and oxygen atoms in total. The number of carboxylic acid groups (broad SMARTS) is 1. The van der Waals surface area contributed by atoms with Crippen molar-refractivity contribution in [3.05, 3.63) is 0 Å². The Morgan fingerprint density at radius 1 is 1.14 bits per heavy atom. The molecular formula is C17H27NO3. The molecular weight excluding hydrogens is 266 g/mol. The summed E-state index contributed by atoms with van der Waals surface area (Å²) in [5.74, 6) is 2.62. The van der Waals surface area contributed by atoms with Crippen LogP contribution in [0.15, 0.2) is 0 Å². The number of rotatable bonds is 7. The molecule has 3 fully saturated rings. The second-order valence-corrected chi connectivity index (χ2v) is 7.59. The molecule has 4 heteroatoms. The number of carbonyl (C=O) groups excluding carboxylic acids is 1. The van der Waals surface area contributed by atoms with E-state index in [0.29, 0.717) is 24.2 Å². The maximum Gasteiger partial charge on any atom is 0.306 e. The fourth-order valence-electron chi connectivity index (χ4n) is 4.94. The molecule has 1 amide bonds. The average molecular weight is 293 g/mol. The Bertz CT molecular complexity index is 420. The number of carboxylic acids is 1. The molecule has 3 aliphatic carbocycles. The average Bonchev–Trinajstić information content (AvgIpc) is 2.88. The first-order valence-electron chi connectivity index (χ1n) is 8.52. The van der Waals surface area contributed by atoms with E-state index in [1.807, 2.05) is 6.92 Å². The maximum atomic E-state index is 12.3. The van der Waals surface area contributed by atoms with Gasteiger partial charge in [0.2, 0.25) is 5.91 Å². The minimum absolute atomic E-state index is 0.164. The van der Waals surface area contributed by atoms with Crippen LogP contribution in [0.3, 0.4) is 0 Å². The zero-order valence-electron chi connectivity index (χ0n) is 13.0. The summed E-state index contributed by atoms with van der Waals surface area (Å²) >= 11 is 0. The molecule has 3 aliphatic rings. The standard InChI is InChI=1S/C17H27NO3/c1-9(17(20)21)4-3-5-10(2)18-16(19)15-13-11-6-7-12(8-11)14(13)15/h9-15H,3-8H2,1-2H3,(H,18,19)(H,20,21). The van der Waals surface area contributed by atoms with E-state index in [9.17, 15) is 9.59 Å². The smallest absolute Gasteiger partial charge is 0.306 e. The molecule has 6 atom stereocenters. The highest BCUT2D eigenvalue weighted by Gasteiger charge is 2.67. The minimum atomic E-state index is -0.729. The summed E-state index contributed by atoms with van der Waals surface area (Å²) in [7, 11) is 0. The van der Waals surface area contributed by atoms with E-state index in [-0.39, 0.29) is 17.9 Å². The molecule has 2 N–H and O–H groups in total. The molecule has 3 rings (SSSR count). The number of nitrogens with one attached hydrogen (secondary N) is 1. The van der Waals surface area contributed by atoms with Gasteiger partial charge in [-0.05, 0) is 62.7 Å². The van der Waals surface area contributed by atoms with Crippen molar-refractivity contribution in [1.29, 1.82) is 0 Å². The number of carbonyl (C=O) groups is 2. The summed E-state index contributed by atoms with van der Waals surface area (Å²) < 4.78 is 0. The first-order chi connectivity index (χ1) is 9.99. The number of hydrogen-bond donors (Lipinski definition) is 2. The Morgan fingerprint density at radius 3 is 2.33 bits per heavy atom. The van der Waals surface area contributed by atoms with Crippen LogP contribution in [-0.2, 0) is 9.59 Å². The Kier molecular flexibility index (Phi) is 3.98. The third-order valence-electron chi connectivity index (χ3n) is 6.12. The fraction of sp³-hybridized carbons (Fsp3) is 0.882. The Balaban J connectivity index is 1.37. The normalized spacial score (nSPS) is 38.7. The zero-order chi connectivity index (χ0) is 15.1. The molecule has 0 saturated heterocycles. The predicted octanol–water partition coefficient (Wildman–Crippen LogP) is 2.67. The number of fused-ring (bicyclic) bond motifs is 5. The SMILES string of the molecule is CC(CCCC(C)C(=O)O)NC(=O)C1C2C3CCC(C3)C12. The molecule has 0 aromatic carbocycles. The molecule has 0 aromatic heterocycles. The Labute approximate surface area is 126 Å². The van der Waals surface area contributed by atoms with Crippen molar-refractivity contribution in [2.75, 3.05) is 0 Å². The van der Waals surface area contributed by atoms with Crippen LogP contribution in [0.4, 0.5) is 0 Å². The molecule has 0 spiro atoms. The van der Waals surface area contributed by atoms with E-state index >= 15 is 0 Å². The van der Waals surface area contributed by atoms with Crippen LogP contribution in [0.1, 0.15) is 52.4 Å². The molecule has 21 heavy (non-hydrogen) atoms. The van der Waals surface area contributed by atoms with Gasteiger partial charge < -0.3 is 10.4 Å². The van der Waals surface area contributed by atoms with E-state index in [4.69, 9.17) is 5.11 Å². The third-order valence-corrected chi connectivity index (χ3v) is 6.12. The molecule has 2 bridgehead atoms.